The van der Waals surface area contributed by atoms with Crippen LogP contribution in [-0.2, 0) is 5.41 Å². The average Bonchev–Trinajstić information content (AvgIpc) is 3.34. The highest BCUT2D eigenvalue weighted by molar-refractivity contribution is 5.87. The van der Waals surface area contributed by atoms with Gasteiger partial charge in [0.25, 0.3) is 0 Å². The predicted molar refractivity (Wildman–Crippen MR) is 185 cm³/mol. The Bertz CT molecular complexity index is 2170. The van der Waals surface area contributed by atoms with Crippen LogP contribution in [0.3, 0.4) is 0 Å². The van der Waals surface area contributed by atoms with Crippen LogP contribution in [0.15, 0.2) is 152 Å². The number of hydrogen-bond acceptors (Lipinski definition) is 3. The van der Waals surface area contributed by atoms with Gasteiger partial charge in [-0.2, -0.15) is 0 Å². The molecule has 0 bridgehead atoms. The molecule has 0 saturated heterocycles. The summed E-state index contributed by atoms with van der Waals surface area (Å²) in [5, 5.41) is 0. The molecule has 2 aromatic heterocycles. The van der Waals surface area contributed by atoms with Crippen molar-refractivity contribution in [1.29, 1.82) is 0 Å². The Kier molecular flexibility index (Phi) is 6.46. The summed E-state index contributed by atoms with van der Waals surface area (Å²) in [5.41, 5.74) is 14.8. The molecule has 3 nitrogen and oxygen atoms in total. The number of aromatic nitrogens is 3. The lowest BCUT2D eigenvalue weighted by atomic mass is 9.81. The van der Waals surface area contributed by atoms with Crippen molar-refractivity contribution >= 4 is 0 Å². The molecular weight excluding hydrogens is 546 g/mol. The fraction of sp³-hybridized carbons (Fsp3) is 0.0714. The maximum atomic E-state index is 5.23. The summed E-state index contributed by atoms with van der Waals surface area (Å²) >= 11 is 0. The number of hydrogen-bond donors (Lipinski definition) is 0. The molecule has 0 aliphatic heterocycles. The van der Waals surface area contributed by atoms with Crippen LogP contribution in [0, 0.1) is 0 Å². The summed E-state index contributed by atoms with van der Waals surface area (Å²) in [5.74, 6) is 0.689. The van der Waals surface area contributed by atoms with Gasteiger partial charge in [0.05, 0.1) is 5.69 Å². The number of benzene rings is 5. The van der Waals surface area contributed by atoms with Crippen LogP contribution in [0.5, 0.6) is 0 Å². The van der Waals surface area contributed by atoms with Gasteiger partial charge in [0.1, 0.15) is 0 Å². The summed E-state index contributed by atoms with van der Waals surface area (Å²) in [4.78, 5) is 14.5. The van der Waals surface area contributed by atoms with Crippen LogP contribution in [0.4, 0.5) is 0 Å². The topological polar surface area (TPSA) is 38.7 Å². The molecule has 0 amide bonds. The third-order valence-electron chi connectivity index (χ3n) is 9.02. The summed E-state index contributed by atoms with van der Waals surface area (Å²) in [7, 11) is 0. The van der Waals surface area contributed by atoms with E-state index in [1.54, 1.807) is 6.20 Å². The Balaban J connectivity index is 1.31. The van der Waals surface area contributed by atoms with E-state index in [0.29, 0.717) is 5.82 Å². The largest absolute Gasteiger partial charge is 0.264 e. The van der Waals surface area contributed by atoms with Crippen molar-refractivity contribution in [3.8, 4) is 67.2 Å². The number of pyridine rings is 1. The lowest BCUT2D eigenvalue weighted by Crippen LogP contribution is -2.14. The highest BCUT2D eigenvalue weighted by Gasteiger charge is 2.35. The highest BCUT2D eigenvalue weighted by Crippen LogP contribution is 2.49. The Morgan fingerprint density at radius 3 is 1.84 bits per heavy atom. The molecular formula is C42H31N3. The Morgan fingerprint density at radius 2 is 1.09 bits per heavy atom. The molecule has 0 radical (unpaired) electrons. The first kappa shape index (κ1) is 26.9. The van der Waals surface area contributed by atoms with Gasteiger partial charge in [-0.05, 0) is 74.8 Å². The SMILES string of the molecule is CC1(C)c2ccccc2-c2ccc(-c3cc(-c4ccccc4)cc(-c4ncc(-c5cccnc5)c(-c5ccccc5)n4)c3)cc21. The van der Waals surface area contributed by atoms with E-state index in [1.807, 2.05) is 36.7 Å². The first-order valence-electron chi connectivity index (χ1n) is 15.3. The summed E-state index contributed by atoms with van der Waals surface area (Å²) in [6.07, 6.45) is 5.59. The number of nitrogens with zero attached hydrogens (tertiary/aromatic N) is 3. The molecule has 1 aliphatic rings. The van der Waals surface area contributed by atoms with Crippen molar-refractivity contribution in [1.82, 2.24) is 15.0 Å². The molecule has 8 rings (SSSR count). The molecule has 0 spiro atoms. The Morgan fingerprint density at radius 1 is 0.444 bits per heavy atom. The van der Waals surface area contributed by atoms with Gasteiger partial charge in [0, 0.05) is 46.3 Å². The lowest BCUT2D eigenvalue weighted by Gasteiger charge is -2.22. The number of rotatable bonds is 5. The molecule has 0 N–H and O–H groups in total. The van der Waals surface area contributed by atoms with Gasteiger partial charge in [-0.25, -0.2) is 9.97 Å². The average molecular weight is 578 g/mol. The van der Waals surface area contributed by atoms with Crippen molar-refractivity contribution in [3.05, 3.63) is 163 Å². The van der Waals surface area contributed by atoms with Crippen LogP contribution in [-0.4, -0.2) is 15.0 Å². The van der Waals surface area contributed by atoms with Gasteiger partial charge in [-0.3, -0.25) is 4.98 Å². The predicted octanol–water partition coefficient (Wildman–Crippen LogP) is 10.5. The van der Waals surface area contributed by atoms with E-state index >= 15 is 0 Å². The second kappa shape index (κ2) is 10.8. The van der Waals surface area contributed by atoms with Gasteiger partial charge >= 0.3 is 0 Å². The van der Waals surface area contributed by atoms with E-state index in [0.717, 1.165) is 44.6 Å². The van der Waals surface area contributed by atoms with Crippen molar-refractivity contribution in [2.75, 3.05) is 0 Å². The minimum absolute atomic E-state index is 0.0718. The van der Waals surface area contributed by atoms with Crippen molar-refractivity contribution < 1.29 is 0 Å². The molecule has 0 unspecified atom stereocenters. The first-order chi connectivity index (χ1) is 22.1. The van der Waals surface area contributed by atoms with Crippen LogP contribution < -0.4 is 0 Å². The van der Waals surface area contributed by atoms with Gasteiger partial charge in [0.15, 0.2) is 5.82 Å². The zero-order valence-electron chi connectivity index (χ0n) is 25.3. The summed E-state index contributed by atoms with van der Waals surface area (Å²) in [6.45, 7) is 4.66. The van der Waals surface area contributed by atoms with Crippen molar-refractivity contribution in [2.24, 2.45) is 0 Å². The maximum Gasteiger partial charge on any atom is 0.159 e. The standard InChI is InChI=1S/C42H31N3/c1-42(2)38-18-10-9-17-35(38)36-20-19-30(25-39(36)42)33-22-32(28-12-5-3-6-13-28)23-34(24-33)41-44-27-37(31-16-11-21-43-26-31)40(45-41)29-14-7-4-8-15-29/h3-27H,1-2H3. The van der Waals surface area contributed by atoms with Crippen molar-refractivity contribution in [3.63, 3.8) is 0 Å². The van der Waals surface area contributed by atoms with Crippen LogP contribution in [0.1, 0.15) is 25.0 Å². The van der Waals surface area contributed by atoms with Gasteiger partial charge in [-0.15, -0.1) is 0 Å². The van der Waals surface area contributed by atoms with Crippen LogP contribution in [0.2, 0.25) is 0 Å². The minimum atomic E-state index is -0.0718. The van der Waals surface area contributed by atoms with Crippen LogP contribution in [0.25, 0.3) is 67.2 Å². The highest BCUT2D eigenvalue weighted by atomic mass is 14.9. The minimum Gasteiger partial charge on any atom is -0.264 e. The van der Waals surface area contributed by atoms with E-state index in [2.05, 4.69) is 128 Å². The maximum absolute atomic E-state index is 5.23. The molecule has 7 aromatic rings. The quantitative estimate of drug-likeness (QED) is 0.204. The van der Waals surface area contributed by atoms with Gasteiger partial charge in [-0.1, -0.05) is 117 Å². The third kappa shape index (κ3) is 4.74. The molecule has 0 saturated carbocycles. The summed E-state index contributed by atoms with van der Waals surface area (Å²) in [6, 6.07) is 47.3. The zero-order valence-corrected chi connectivity index (χ0v) is 25.3. The van der Waals surface area contributed by atoms with Gasteiger partial charge in [0.2, 0.25) is 0 Å². The Labute approximate surface area is 264 Å². The molecule has 45 heavy (non-hydrogen) atoms. The molecule has 2 heterocycles. The number of fused-ring (bicyclic) bond motifs is 3. The Hall–Kier alpha value is -5.67. The normalized spacial score (nSPS) is 12.8. The second-order valence-electron chi connectivity index (χ2n) is 12.2. The molecule has 3 heteroatoms. The van der Waals surface area contributed by atoms with E-state index in [-0.39, 0.29) is 5.41 Å². The fourth-order valence-corrected chi connectivity index (χ4v) is 6.67. The van der Waals surface area contributed by atoms with E-state index in [9.17, 15) is 0 Å². The monoisotopic (exact) mass is 577 g/mol. The van der Waals surface area contributed by atoms with E-state index in [4.69, 9.17) is 9.97 Å². The van der Waals surface area contributed by atoms with E-state index < -0.39 is 0 Å². The zero-order chi connectivity index (χ0) is 30.4. The van der Waals surface area contributed by atoms with Crippen LogP contribution >= 0.6 is 0 Å². The van der Waals surface area contributed by atoms with E-state index in [1.165, 1.54) is 27.8 Å². The second-order valence-corrected chi connectivity index (χ2v) is 12.2. The fourth-order valence-electron chi connectivity index (χ4n) is 6.67. The summed E-state index contributed by atoms with van der Waals surface area (Å²) < 4.78 is 0. The lowest BCUT2D eigenvalue weighted by molar-refractivity contribution is 0.660. The molecule has 1 aliphatic carbocycles. The van der Waals surface area contributed by atoms with Gasteiger partial charge < -0.3 is 0 Å². The van der Waals surface area contributed by atoms with Crippen molar-refractivity contribution in [2.45, 2.75) is 19.3 Å². The molecule has 0 atom stereocenters. The molecule has 214 valence electrons. The molecule has 5 aromatic carbocycles. The third-order valence-corrected chi connectivity index (χ3v) is 9.02. The smallest absolute Gasteiger partial charge is 0.159 e. The molecule has 0 fully saturated rings. The first-order valence-corrected chi connectivity index (χ1v) is 15.3.